The second-order valence-electron chi connectivity index (χ2n) is 7.16. The predicted octanol–water partition coefficient (Wildman–Crippen LogP) is 3.30. The number of nitrogen functional groups attached to an aromatic ring is 1. The molecule has 1 atom stereocenters. The Morgan fingerprint density at radius 3 is 2.75 bits per heavy atom. The molecule has 7 heteroatoms. The number of hydrogen-bond acceptors (Lipinski definition) is 6. The first-order valence-electron chi connectivity index (χ1n) is 9.24. The van der Waals surface area contributed by atoms with Crippen LogP contribution in [0.3, 0.4) is 0 Å². The molecule has 0 saturated heterocycles. The van der Waals surface area contributed by atoms with Gasteiger partial charge in [-0.05, 0) is 47.9 Å². The summed E-state index contributed by atoms with van der Waals surface area (Å²) in [5.41, 5.74) is 14.9. The van der Waals surface area contributed by atoms with Crippen molar-refractivity contribution in [3.05, 3.63) is 58.9 Å². The number of nitrogens with zero attached hydrogens (tertiary/aromatic N) is 1. The molecule has 0 radical (unpaired) electrons. The van der Waals surface area contributed by atoms with E-state index in [-0.39, 0.29) is 11.8 Å². The van der Waals surface area contributed by atoms with Crippen LogP contribution >= 0.6 is 0 Å². The van der Waals surface area contributed by atoms with Gasteiger partial charge in [-0.25, -0.2) is 9.38 Å². The molecule has 3 aliphatic heterocycles. The molecule has 0 fully saturated rings. The summed E-state index contributed by atoms with van der Waals surface area (Å²) in [6, 6.07) is 8.82. The molecule has 3 heterocycles. The molecule has 28 heavy (non-hydrogen) atoms. The van der Waals surface area contributed by atoms with E-state index in [1.807, 2.05) is 18.2 Å². The van der Waals surface area contributed by atoms with Crippen LogP contribution in [0, 0.1) is 5.82 Å². The fourth-order valence-corrected chi connectivity index (χ4v) is 4.16. The smallest absolute Gasteiger partial charge is 0.283 e. The first-order chi connectivity index (χ1) is 13.6. The largest absolute Gasteiger partial charge is 0.465 e. The highest BCUT2D eigenvalue weighted by atomic mass is 19.1. The number of rotatable bonds is 1. The van der Waals surface area contributed by atoms with E-state index in [0.29, 0.717) is 43.2 Å². The van der Waals surface area contributed by atoms with Crippen molar-refractivity contribution in [1.82, 2.24) is 0 Å². The Bertz CT molecular complexity index is 1030. The van der Waals surface area contributed by atoms with Crippen molar-refractivity contribution in [3.8, 4) is 11.5 Å². The number of amidine groups is 1. The van der Waals surface area contributed by atoms with Crippen molar-refractivity contribution in [1.29, 1.82) is 0 Å². The van der Waals surface area contributed by atoms with E-state index in [9.17, 15) is 0 Å². The van der Waals surface area contributed by atoms with Gasteiger partial charge < -0.3 is 25.7 Å². The number of nitrogens with two attached hydrogens (primary N) is 2. The highest BCUT2D eigenvalue weighted by Crippen LogP contribution is 2.53. The van der Waals surface area contributed by atoms with Gasteiger partial charge in [0.25, 0.3) is 6.02 Å². The molecular weight excluding hydrogens is 361 g/mol. The third-order valence-electron chi connectivity index (χ3n) is 5.50. The zero-order valence-electron chi connectivity index (χ0n) is 15.2. The summed E-state index contributed by atoms with van der Waals surface area (Å²) < 4.78 is 31.9. The van der Waals surface area contributed by atoms with E-state index in [1.54, 1.807) is 12.1 Å². The van der Waals surface area contributed by atoms with Crippen LogP contribution in [-0.2, 0) is 15.0 Å². The van der Waals surface area contributed by atoms with Crippen molar-refractivity contribution < 1.29 is 18.6 Å². The van der Waals surface area contributed by atoms with E-state index in [1.165, 1.54) is 6.07 Å². The minimum atomic E-state index is -0.900. The average molecular weight is 381 g/mol. The molecule has 6 nitrogen and oxygen atoms in total. The summed E-state index contributed by atoms with van der Waals surface area (Å²) in [4.78, 5) is 4.65. The van der Waals surface area contributed by atoms with Crippen LogP contribution in [0.1, 0.15) is 29.5 Å². The van der Waals surface area contributed by atoms with Gasteiger partial charge in [0.2, 0.25) is 0 Å². The van der Waals surface area contributed by atoms with Crippen LogP contribution in [-0.4, -0.2) is 25.8 Å². The molecule has 0 aliphatic carbocycles. The molecule has 3 aliphatic rings. The predicted molar refractivity (Wildman–Crippen MR) is 104 cm³/mol. The number of hydrogen-bond donors (Lipinski definition) is 2. The normalized spacial score (nSPS) is 23.0. The Balaban J connectivity index is 1.77. The number of benzene rings is 2. The summed E-state index contributed by atoms with van der Waals surface area (Å²) in [6.07, 6.45) is 3.21. The average Bonchev–Trinajstić information content (AvgIpc) is 2.70. The zero-order valence-corrected chi connectivity index (χ0v) is 15.2. The Morgan fingerprint density at radius 1 is 1.07 bits per heavy atom. The molecule has 0 aromatic heterocycles. The molecule has 2 aromatic rings. The zero-order chi connectivity index (χ0) is 19.3. The fourth-order valence-electron chi connectivity index (χ4n) is 4.16. The SMILES string of the molecule is NC1=NC2(CCO1)c1cc(N)ccc1Oc1c(F)cc(C3=CCOCC3)cc12. The Morgan fingerprint density at radius 2 is 1.96 bits per heavy atom. The van der Waals surface area contributed by atoms with Crippen molar-refractivity contribution in [3.63, 3.8) is 0 Å². The van der Waals surface area contributed by atoms with E-state index in [2.05, 4.69) is 4.99 Å². The molecule has 1 unspecified atom stereocenters. The van der Waals surface area contributed by atoms with Crippen LogP contribution in [0.2, 0.25) is 0 Å². The second-order valence-corrected chi connectivity index (χ2v) is 7.16. The molecule has 4 N–H and O–H groups in total. The van der Waals surface area contributed by atoms with Crippen LogP contribution in [0.5, 0.6) is 11.5 Å². The molecule has 2 aromatic carbocycles. The lowest BCUT2D eigenvalue weighted by Gasteiger charge is -2.39. The topological polar surface area (TPSA) is 92.1 Å². The van der Waals surface area contributed by atoms with Crippen molar-refractivity contribution in [2.45, 2.75) is 18.4 Å². The summed E-state index contributed by atoms with van der Waals surface area (Å²) in [7, 11) is 0. The maximum absolute atomic E-state index is 15.2. The van der Waals surface area contributed by atoms with E-state index >= 15 is 4.39 Å². The van der Waals surface area contributed by atoms with Gasteiger partial charge in [0.1, 0.15) is 11.3 Å². The van der Waals surface area contributed by atoms with Gasteiger partial charge in [0, 0.05) is 23.2 Å². The molecule has 1 spiro atoms. The summed E-state index contributed by atoms with van der Waals surface area (Å²) in [5.74, 6) is 0.270. The first-order valence-corrected chi connectivity index (χ1v) is 9.24. The van der Waals surface area contributed by atoms with E-state index in [0.717, 1.165) is 23.1 Å². The van der Waals surface area contributed by atoms with Gasteiger partial charge in [-0.1, -0.05) is 6.08 Å². The van der Waals surface area contributed by atoms with Gasteiger partial charge in [-0.2, -0.15) is 0 Å². The first kappa shape index (κ1) is 17.1. The van der Waals surface area contributed by atoms with Crippen molar-refractivity contribution >= 4 is 17.3 Å². The van der Waals surface area contributed by atoms with Crippen LogP contribution < -0.4 is 16.2 Å². The maximum Gasteiger partial charge on any atom is 0.283 e. The molecule has 0 bridgehead atoms. The second kappa shape index (κ2) is 6.24. The summed E-state index contributed by atoms with van der Waals surface area (Å²) in [5, 5.41) is 0. The summed E-state index contributed by atoms with van der Waals surface area (Å²) >= 11 is 0. The number of fused-ring (bicyclic) bond motifs is 4. The van der Waals surface area contributed by atoms with Gasteiger partial charge in [0.15, 0.2) is 11.6 Å². The molecule has 0 amide bonds. The van der Waals surface area contributed by atoms with E-state index in [4.69, 9.17) is 25.7 Å². The minimum Gasteiger partial charge on any atom is -0.465 e. The molecule has 0 saturated carbocycles. The summed E-state index contributed by atoms with van der Waals surface area (Å²) in [6.45, 7) is 1.50. The van der Waals surface area contributed by atoms with Crippen LogP contribution in [0.4, 0.5) is 10.1 Å². The Labute approximate surface area is 161 Å². The highest BCUT2D eigenvalue weighted by Gasteiger charge is 2.46. The monoisotopic (exact) mass is 381 g/mol. The van der Waals surface area contributed by atoms with E-state index < -0.39 is 11.4 Å². The fraction of sp³-hybridized carbons (Fsp3) is 0.286. The lowest BCUT2D eigenvalue weighted by atomic mass is 9.76. The van der Waals surface area contributed by atoms with Crippen molar-refractivity contribution in [2.24, 2.45) is 10.7 Å². The van der Waals surface area contributed by atoms with Crippen molar-refractivity contribution in [2.75, 3.05) is 25.6 Å². The van der Waals surface area contributed by atoms with Crippen LogP contribution in [0.15, 0.2) is 41.4 Å². The standard InChI is InChI=1S/C21H20FN3O3/c22-17-10-13(12-3-6-26-7-4-12)9-16-19(17)28-18-2-1-14(23)11-15(18)21(16)5-8-27-20(24)25-21/h1-3,9-11H,4-8,23H2,(H2,24,25). The minimum absolute atomic E-state index is 0.0727. The molecule has 5 rings (SSSR count). The number of ether oxygens (including phenoxy) is 3. The lowest BCUT2D eigenvalue weighted by Crippen LogP contribution is -2.39. The van der Waals surface area contributed by atoms with Gasteiger partial charge >= 0.3 is 0 Å². The Hall–Kier alpha value is -3.06. The lowest BCUT2D eigenvalue weighted by molar-refractivity contribution is 0.161. The van der Waals surface area contributed by atoms with Gasteiger partial charge in [-0.15, -0.1) is 0 Å². The molecular formula is C21H20FN3O3. The number of anilines is 1. The third-order valence-corrected chi connectivity index (χ3v) is 5.50. The van der Waals surface area contributed by atoms with Gasteiger partial charge in [-0.3, -0.25) is 0 Å². The Kier molecular flexibility index (Phi) is 3.80. The third kappa shape index (κ3) is 2.54. The molecule has 144 valence electrons. The van der Waals surface area contributed by atoms with Crippen LogP contribution in [0.25, 0.3) is 5.57 Å². The van der Waals surface area contributed by atoms with Gasteiger partial charge in [0.05, 0.1) is 19.8 Å². The number of aliphatic imine (C=N–C) groups is 1. The highest BCUT2D eigenvalue weighted by molar-refractivity contribution is 5.76. The maximum atomic E-state index is 15.2. The quantitative estimate of drug-likeness (QED) is 0.740. The number of halogens is 1.